The van der Waals surface area contributed by atoms with Gasteiger partial charge >= 0.3 is 5.97 Å². The molecule has 1 aromatic carbocycles. The van der Waals surface area contributed by atoms with Crippen molar-refractivity contribution in [3.8, 4) is 5.75 Å². The molecule has 0 atom stereocenters. The SMILES string of the molecule is CC(=O)NCC(=O)Oc1ccccc1C. The number of rotatable bonds is 3. The molecule has 0 aromatic heterocycles. The number of carbonyl (C=O) groups excluding carboxylic acids is 2. The van der Waals surface area contributed by atoms with Crippen LogP contribution in [0.4, 0.5) is 0 Å². The Balaban J connectivity index is 2.52. The summed E-state index contributed by atoms with van der Waals surface area (Å²) in [5.74, 6) is -0.205. The van der Waals surface area contributed by atoms with Gasteiger partial charge in [0.1, 0.15) is 12.3 Å². The van der Waals surface area contributed by atoms with E-state index in [0.29, 0.717) is 5.75 Å². The molecular formula is C11H13NO3. The van der Waals surface area contributed by atoms with Crippen molar-refractivity contribution in [2.45, 2.75) is 13.8 Å². The van der Waals surface area contributed by atoms with Gasteiger partial charge in [-0.05, 0) is 18.6 Å². The fourth-order valence-corrected chi connectivity index (χ4v) is 1.03. The molecule has 0 aliphatic rings. The molecule has 1 amide bonds. The van der Waals surface area contributed by atoms with Crippen molar-refractivity contribution in [3.63, 3.8) is 0 Å². The lowest BCUT2D eigenvalue weighted by molar-refractivity contribution is -0.135. The Kier molecular flexibility index (Phi) is 3.85. The van der Waals surface area contributed by atoms with E-state index in [1.165, 1.54) is 6.92 Å². The highest BCUT2D eigenvalue weighted by Crippen LogP contribution is 2.15. The summed E-state index contributed by atoms with van der Waals surface area (Å²) in [4.78, 5) is 21.8. The van der Waals surface area contributed by atoms with E-state index < -0.39 is 5.97 Å². The summed E-state index contributed by atoms with van der Waals surface area (Å²) >= 11 is 0. The first-order valence-corrected chi connectivity index (χ1v) is 4.60. The second-order valence-electron chi connectivity index (χ2n) is 3.15. The van der Waals surface area contributed by atoms with Gasteiger partial charge in [0.15, 0.2) is 0 Å². The molecule has 0 aliphatic heterocycles. The molecule has 0 saturated carbocycles. The standard InChI is InChI=1S/C11H13NO3/c1-8-5-3-4-6-10(8)15-11(14)7-12-9(2)13/h3-6H,7H2,1-2H3,(H,12,13). The molecule has 0 fully saturated rings. The van der Waals surface area contributed by atoms with Crippen molar-refractivity contribution in [1.29, 1.82) is 0 Å². The molecular weight excluding hydrogens is 194 g/mol. The van der Waals surface area contributed by atoms with Gasteiger partial charge in [0.2, 0.25) is 5.91 Å². The zero-order chi connectivity index (χ0) is 11.3. The molecule has 1 aromatic rings. The summed E-state index contributed by atoms with van der Waals surface area (Å²) in [6.45, 7) is 3.09. The maximum atomic E-state index is 11.2. The smallest absolute Gasteiger partial charge is 0.330 e. The maximum Gasteiger partial charge on any atom is 0.330 e. The zero-order valence-electron chi connectivity index (χ0n) is 8.74. The molecule has 0 unspecified atom stereocenters. The second kappa shape index (κ2) is 5.14. The van der Waals surface area contributed by atoms with E-state index in [1.54, 1.807) is 12.1 Å². The highest BCUT2D eigenvalue weighted by molar-refractivity contribution is 5.81. The summed E-state index contributed by atoms with van der Waals surface area (Å²) in [7, 11) is 0. The molecule has 0 bridgehead atoms. The Labute approximate surface area is 88.2 Å². The van der Waals surface area contributed by atoms with Crippen molar-refractivity contribution < 1.29 is 14.3 Å². The molecule has 0 radical (unpaired) electrons. The predicted molar refractivity (Wildman–Crippen MR) is 55.5 cm³/mol. The van der Waals surface area contributed by atoms with Crippen molar-refractivity contribution in [3.05, 3.63) is 29.8 Å². The summed E-state index contributed by atoms with van der Waals surface area (Å²) in [5.41, 5.74) is 0.883. The molecule has 80 valence electrons. The minimum atomic E-state index is -0.473. The number of para-hydroxylation sites is 1. The third-order valence-corrected chi connectivity index (χ3v) is 1.80. The van der Waals surface area contributed by atoms with Gasteiger partial charge in [-0.1, -0.05) is 18.2 Å². The van der Waals surface area contributed by atoms with E-state index in [9.17, 15) is 9.59 Å². The number of hydrogen-bond acceptors (Lipinski definition) is 3. The van der Waals surface area contributed by atoms with E-state index >= 15 is 0 Å². The molecule has 4 heteroatoms. The molecule has 4 nitrogen and oxygen atoms in total. The minimum Gasteiger partial charge on any atom is -0.425 e. The van der Waals surface area contributed by atoms with Crippen LogP contribution in [0.15, 0.2) is 24.3 Å². The zero-order valence-corrected chi connectivity index (χ0v) is 8.74. The number of ether oxygens (including phenoxy) is 1. The van der Waals surface area contributed by atoms with E-state index in [1.807, 2.05) is 19.1 Å². The van der Waals surface area contributed by atoms with E-state index in [-0.39, 0.29) is 12.5 Å². The highest BCUT2D eigenvalue weighted by atomic mass is 16.5. The van der Waals surface area contributed by atoms with Gasteiger partial charge in [-0.2, -0.15) is 0 Å². The van der Waals surface area contributed by atoms with Gasteiger partial charge in [-0.3, -0.25) is 4.79 Å². The Hall–Kier alpha value is -1.84. The third kappa shape index (κ3) is 3.81. The van der Waals surface area contributed by atoms with Crippen LogP contribution in [0.25, 0.3) is 0 Å². The van der Waals surface area contributed by atoms with Crippen molar-refractivity contribution in [2.24, 2.45) is 0 Å². The van der Waals surface area contributed by atoms with E-state index in [4.69, 9.17) is 4.74 Å². The number of carbonyl (C=O) groups is 2. The first-order valence-electron chi connectivity index (χ1n) is 4.60. The van der Waals surface area contributed by atoms with Crippen molar-refractivity contribution in [2.75, 3.05) is 6.54 Å². The lowest BCUT2D eigenvalue weighted by atomic mass is 10.2. The predicted octanol–water partition coefficient (Wildman–Crippen LogP) is 1.04. The van der Waals surface area contributed by atoms with Crippen molar-refractivity contribution >= 4 is 11.9 Å². The number of hydrogen-bond donors (Lipinski definition) is 1. The summed E-state index contributed by atoms with van der Waals surface area (Å²) < 4.78 is 5.04. The fraction of sp³-hybridized carbons (Fsp3) is 0.273. The van der Waals surface area contributed by atoms with E-state index in [0.717, 1.165) is 5.56 Å². The molecule has 0 saturated heterocycles. The van der Waals surface area contributed by atoms with Gasteiger partial charge in [0.05, 0.1) is 0 Å². The normalized spacial score (nSPS) is 9.47. The number of nitrogens with one attached hydrogen (secondary N) is 1. The van der Waals surface area contributed by atoms with Gasteiger partial charge in [0, 0.05) is 6.92 Å². The molecule has 0 aliphatic carbocycles. The summed E-state index contributed by atoms with van der Waals surface area (Å²) in [6, 6.07) is 7.20. The van der Waals surface area contributed by atoms with Gasteiger partial charge < -0.3 is 10.1 Å². The maximum absolute atomic E-state index is 11.2. The quantitative estimate of drug-likeness (QED) is 0.595. The summed E-state index contributed by atoms with van der Waals surface area (Å²) in [5, 5.41) is 2.37. The van der Waals surface area contributed by atoms with E-state index in [2.05, 4.69) is 5.32 Å². The van der Waals surface area contributed by atoms with Crippen LogP contribution < -0.4 is 10.1 Å². The van der Waals surface area contributed by atoms with Crippen LogP contribution >= 0.6 is 0 Å². The minimum absolute atomic E-state index is 0.107. The van der Waals surface area contributed by atoms with Crippen LogP contribution in [0.1, 0.15) is 12.5 Å². The Morgan fingerprint density at radius 1 is 1.33 bits per heavy atom. The first kappa shape index (κ1) is 11.2. The second-order valence-corrected chi connectivity index (χ2v) is 3.15. The monoisotopic (exact) mass is 207 g/mol. The first-order chi connectivity index (χ1) is 7.09. The fourth-order valence-electron chi connectivity index (χ4n) is 1.03. The average molecular weight is 207 g/mol. The Morgan fingerprint density at radius 2 is 2.00 bits per heavy atom. The molecule has 0 spiro atoms. The lowest BCUT2D eigenvalue weighted by Crippen LogP contribution is -2.30. The topological polar surface area (TPSA) is 55.4 Å². The Bertz CT molecular complexity index is 374. The van der Waals surface area contributed by atoms with Crippen LogP contribution in [0.5, 0.6) is 5.75 Å². The number of benzene rings is 1. The largest absolute Gasteiger partial charge is 0.425 e. The average Bonchev–Trinajstić information content (AvgIpc) is 2.18. The van der Waals surface area contributed by atoms with Crippen LogP contribution in [0.3, 0.4) is 0 Å². The summed E-state index contributed by atoms with van der Waals surface area (Å²) in [6.07, 6.45) is 0. The lowest BCUT2D eigenvalue weighted by Gasteiger charge is -2.06. The van der Waals surface area contributed by atoms with Crippen molar-refractivity contribution in [1.82, 2.24) is 5.32 Å². The molecule has 1 N–H and O–H groups in total. The van der Waals surface area contributed by atoms with Gasteiger partial charge in [-0.15, -0.1) is 0 Å². The molecule has 15 heavy (non-hydrogen) atoms. The van der Waals surface area contributed by atoms with Crippen LogP contribution in [0.2, 0.25) is 0 Å². The number of aryl methyl sites for hydroxylation is 1. The number of amides is 1. The highest BCUT2D eigenvalue weighted by Gasteiger charge is 2.06. The van der Waals surface area contributed by atoms with Crippen LogP contribution in [-0.2, 0) is 9.59 Å². The number of esters is 1. The van der Waals surface area contributed by atoms with Crippen LogP contribution in [0, 0.1) is 6.92 Å². The Morgan fingerprint density at radius 3 is 2.60 bits per heavy atom. The van der Waals surface area contributed by atoms with Gasteiger partial charge in [0.25, 0.3) is 0 Å². The molecule has 0 heterocycles. The van der Waals surface area contributed by atoms with Crippen LogP contribution in [-0.4, -0.2) is 18.4 Å². The third-order valence-electron chi connectivity index (χ3n) is 1.80. The molecule has 1 rings (SSSR count). The van der Waals surface area contributed by atoms with Gasteiger partial charge in [-0.25, -0.2) is 4.79 Å².